The Kier molecular flexibility index (Phi) is 4.04. The molecular weight excluding hydrogens is 329 g/mol. The van der Waals surface area contributed by atoms with Crippen molar-refractivity contribution in [2.75, 3.05) is 0 Å². The molecule has 4 nitrogen and oxygen atoms in total. The van der Waals surface area contributed by atoms with Crippen LogP contribution in [0, 0.1) is 19.7 Å². The number of benzene rings is 1. The quantitative estimate of drug-likeness (QED) is 0.914. The van der Waals surface area contributed by atoms with Crippen molar-refractivity contribution in [1.29, 1.82) is 0 Å². The van der Waals surface area contributed by atoms with Gasteiger partial charge < -0.3 is 9.84 Å². The number of ether oxygens (including phenoxy) is 1. The molecule has 0 spiro atoms. The number of aromatic carboxylic acids is 1. The average molecular weight is 340 g/mol. The second-order valence-corrected chi connectivity index (χ2v) is 5.05. The number of rotatable bonds is 3. The van der Waals surface area contributed by atoms with Crippen LogP contribution in [0.4, 0.5) is 4.39 Å². The third kappa shape index (κ3) is 2.80. The van der Waals surface area contributed by atoms with E-state index in [-0.39, 0.29) is 5.88 Å². The molecule has 0 aliphatic carbocycles. The maximum atomic E-state index is 13.9. The molecule has 0 saturated carbocycles. The monoisotopic (exact) mass is 339 g/mol. The van der Waals surface area contributed by atoms with Gasteiger partial charge in [-0.05, 0) is 43.2 Å². The van der Waals surface area contributed by atoms with E-state index in [2.05, 4.69) is 20.9 Å². The van der Waals surface area contributed by atoms with Gasteiger partial charge in [0.25, 0.3) is 5.88 Å². The van der Waals surface area contributed by atoms with Crippen LogP contribution >= 0.6 is 15.9 Å². The number of aryl methyl sites for hydroxylation is 2. The molecule has 0 fully saturated rings. The van der Waals surface area contributed by atoms with Gasteiger partial charge in [-0.2, -0.15) is 0 Å². The van der Waals surface area contributed by atoms with Crippen LogP contribution in [0.1, 0.15) is 21.5 Å². The fraction of sp³-hybridized carbons (Fsp3) is 0.143. The molecule has 1 N–H and O–H groups in total. The topological polar surface area (TPSA) is 59.4 Å². The predicted octanol–water partition coefficient (Wildman–Crippen LogP) is 4.09. The van der Waals surface area contributed by atoms with Crippen molar-refractivity contribution < 1.29 is 19.0 Å². The highest BCUT2D eigenvalue weighted by Crippen LogP contribution is 2.30. The first-order valence-electron chi connectivity index (χ1n) is 5.72. The normalized spacial score (nSPS) is 10.4. The van der Waals surface area contributed by atoms with E-state index in [1.54, 1.807) is 12.1 Å². The molecular formula is C14H11BrFNO3. The van der Waals surface area contributed by atoms with Crippen molar-refractivity contribution in [3.63, 3.8) is 0 Å². The second kappa shape index (κ2) is 5.58. The highest BCUT2D eigenvalue weighted by molar-refractivity contribution is 9.10. The molecule has 0 unspecified atom stereocenters. The van der Waals surface area contributed by atoms with Crippen LogP contribution in [0.3, 0.4) is 0 Å². The van der Waals surface area contributed by atoms with E-state index in [0.717, 1.165) is 21.7 Å². The van der Waals surface area contributed by atoms with Crippen LogP contribution in [-0.2, 0) is 0 Å². The first-order chi connectivity index (χ1) is 9.40. The maximum Gasteiger partial charge on any atom is 0.338 e. The lowest BCUT2D eigenvalue weighted by molar-refractivity contribution is 0.0690. The molecule has 6 heteroatoms. The first kappa shape index (κ1) is 14.5. The van der Waals surface area contributed by atoms with Gasteiger partial charge in [-0.15, -0.1) is 0 Å². The number of carboxylic acids is 1. The molecule has 0 radical (unpaired) electrons. The van der Waals surface area contributed by atoms with E-state index in [4.69, 9.17) is 9.84 Å². The number of carboxylic acid groups (broad SMARTS) is 1. The Balaban J connectivity index is 2.40. The molecule has 20 heavy (non-hydrogen) atoms. The zero-order valence-corrected chi connectivity index (χ0v) is 12.4. The van der Waals surface area contributed by atoms with Crippen LogP contribution < -0.4 is 4.74 Å². The van der Waals surface area contributed by atoms with Gasteiger partial charge in [0.1, 0.15) is 11.3 Å². The molecule has 0 saturated heterocycles. The summed E-state index contributed by atoms with van der Waals surface area (Å²) < 4.78 is 20.2. The van der Waals surface area contributed by atoms with Gasteiger partial charge in [0.2, 0.25) is 0 Å². The third-order valence-corrected chi connectivity index (χ3v) is 3.96. The molecule has 1 aromatic carbocycles. The van der Waals surface area contributed by atoms with E-state index in [0.29, 0.717) is 5.75 Å². The van der Waals surface area contributed by atoms with Crippen LogP contribution in [0.25, 0.3) is 0 Å². The standard InChI is InChI=1S/C14H11BrFNO3/c1-7-5-9(6-8(2)11(7)15)20-13-12(16)10(14(18)19)3-4-17-13/h3-6H,1-2H3,(H,18,19). The van der Waals surface area contributed by atoms with Crippen molar-refractivity contribution in [3.05, 3.63) is 51.4 Å². The Labute approximate surface area is 123 Å². The van der Waals surface area contributed by atoms with Crippen LogP contribution in [0.5, 0.6) is 11.6 Å². The van der Waals surface area contributed by atoms with Gasteiger partial charge in [-0.25, -0.2) is 14.2 Å². The van der Waals surface area contributed by atoms with Gasteiger partial charge in [0, 0.05) is 10.7 Å². The second-order valence-electron chi connectivity index (χ2n) is 4.26. The smallest absolute Gasteiger partial charge is 0.338 e. The Morgan fingerprint density at radius 1 is 1.35 bits per heavy atom. The summed E-state index contributed by atoms with van der Waals surface area (Å²) in [6, 6.07) is 4.51. The van der Waals surface area contributed by atoms with Crippen molar-refractivity contribution >= 4 is 21.9 Å². The van der Waals surface area contributed by atoms with Crippen LogP contribution in [-0.4, -0.2) is 16.1 Å². The minimum Gasteiger partial charge on any atom is -0.478 e. The Morgan fingerprint density at radius 3 is 2.50 bits per heavy atom. The van der Waals surface area contributed by atoms with Crippen LogP contribution in [0.15, 0.2) is 28.9 Å². The number of hydrogen-bond acceptors (Lipinski definition) is 3. The van der Waals surface area contributed by atoms with Crippen molar-refractivity contribution in [3.8, 4) is 11.6 Å². The highest BCUT2D eigenvalue weighted by Gasteiger charge is 2.17. The van der Waals surface area contributed by atoms with E-state index in [1.165, 1.54) is 6.20 Å². The molecule has 0 bridgehead atoms. The molecule has 0 atom stereocenters. The van der Waals surface area contributed by atoms with E-state index in [1.807, 2.05) is 13.8 Å². The first-order valence-corrected chi connectivity index (χ1v) is 6.52. The highest BCUT2D eigenvalue weighted by atomic mass is 79.9. The van der Waals surface area contributed by atoms with Crippen LogP contribution in [0.2, 0.25) is 0 Å². The minimum atomic E-state index is -1.36. The van der Waals surface area contributed by atoms with Gasteiger partial charge in [-0.3, -0.25) is 0 Å². The molecule has 0 aliphatic rings. The van der Waals surface area contributed by atoms with Gasteiger partial charge in [0.15, 0.2) is 5.82 Å². The number of aromatic nitrogens is 1. The molecule has 0 aliphatic heterocycles. The van der Waals surface area contributed by atoms with Gasteiger partial charge in [0.05, 0.1) is 0 Å². The molecule has 104 valence electrons. The minimum absolute atomic E-state index is 0.356. The molecule has 2 aromatic rings. The summed E-state index contributed by atoms with van der Waals surface area (Å²) in [4.78, 5) is 14.6. The zero-order chi connectivity index (χ0) is 14.9. The summed E-state index contributed by atoms with van der Waals surface area (Å²) in [7, 11) is 0. The lowest BCUT2D eigenvalue weighted by Gasteiger charge is -2.10. The number of nitrogens with zero attached hydrogens (tertiary/aromatic N) is 1. The Bertz CT molecular complexity index is 665. The Hall–Kier alpha value is -1.95. The largest absolute Gasteiger partial charge is 0.478 e. The number of carbonyl (C=O) groups is 1. The number of hydrogen-bond donors (Lipinski definition) is 1. The number of pyridine rings is 1. The summed E-state index contributed by atoms with van der Waals surface area (Å²) >= 11 is 3.42. The Morgan fingerprint density at radius 2 is 1.95 bits per heavy atom. The molecule has 1 aromatic heterocycles. The lowest BCUT2D eigenvalue weighted by Crippen LogP contribution is -2.03. The number of halogens is 2. The zero-order valence-electron chi connectivity index (χ0n) is 10.8. The maximum absolute atomic E-state index is 13.9. The van der Waals surface area contributed by atoms with Gasteiger partial charge in [-0.1, -0.05) is 15.9 Å². The molecule has 0 amide bonds. The van der Waals surface area contributed by atoms with Gasteiger partial charge >= 0.3 is 5.97 Å². The summed E-state index contributed by atoms with van der Waals surface area (Å²) in [6.45, 7) is 3.75. The average Bonchev–Trinajstić information content (AvgIpc) is 2.38. The summed E-state index contributed by atoms with van der Waals surface area (Å²) in [6.07, 6.45) is 1.19. The lowest BCUT2D eigenvalue weighted by atomic mass is 10.1. The fourth-order valence-electron chi connectivity index (χ4n) is 1.74. The molecule has 1 heterocycles. The van der Waals surface area contributed by atoms with Crippen molar-refractivity contribution in [2.24, 2.45) is 0 Å². The van der Waals surface area contributed by atoms with E-state index in [9.17, 15) is 9.18 Å². The summed E-state index contributed by atoms with van der Waals surface area (Å²) in [5, 5.41) is 8.85. The predicted molar refractivity (Wildman–Crippen MR) is 74.8 cm³/mol. The van der Waals surface area contributed by atoms with E-state index < -0.39 is 17.3 Å². The SMILES string of the molecule is Cc1cc(Oc2nccc(C(=O)O)c2F)cc(C)c1Br. The fourth-order valence-corrected chi connectivity index (χ4v) is 1.97. The van der Waals surface area contributed by atoms with Crippen molar-refractivity contribution in [2.45, 2.75) is 13.8 Å². The molecule has 2 rings (SSSR count). The summed E-state index contributed by atoms with van der Waals surface area (Å²) in [5.74, 6) is -2.31. The third-order valence-electron chi connectivity index (χ3n) is 2.71. The van der Waals surface area contributed by atoms with Crippen molar-refractivity contribution in [1.82, 2.24) is 4.98 Å². The van der Waals surface area contributed by atoms with E-state index >= 15 is 0 Å². The summed E-state index contributed by atoms with van der Waals surface area (Å²) in [5.41, 5.74) is 1.38.